The van der Waals surface area contributed by atoms with E-state index >= 15 is 0 Å². The normalized spacial score (nSPS) is 10.9. The van der Waals surface area contributed by atoms with Crippen molar-refractivity contribution in [2.45, 2.75) is 13.1 Å². The molecule has 0 aliphatic heterocycles. The van der Waals surface area contributed by atoms with Crippen molar-refractivity contribution in [2.24, 2.45) is 0 Å². The number of carbonyl (C=O) groups excluding carboxylic acids is 1. The summed E-state index contributed by atoms with van der Waals surface area (Å²) in [6.07, 6.45) is 5.50. The number of hydrogen-bond acceptors (Lipinski definition) is 5. The topological polar surface area (TPSA) is 88.3 Å². The van der Waals surface area contributed by atoms with E-state index < -0.39 is 5.97 Å². The fourth-order valence-corrected chi connectivity index (χ4v) is 2.45. The van der Waals surface area contributed by atoms with Gasteiger partial charge in [-0.2, -0.15) is 5.10 Å². The number of nitrogens with zero attached hydrogens (tertiary/aromatic N) is 4. The van der Waals surface area contributed by atoms with E-state index in [0.29, 0.717) is 6.54 Å². The third-order valence-corrected chi connectivity index (χ3v) is 3.62. The highest BCUT2D eigenvalue weighted by molar-refractivity contribution is 7.11. The fourth-order valence-electron chi connectivity index (χ4n) is 1.65. The van der Waals surface area contributed by atoms with E-state index in [1.54, 1.807) is 11.9 Å². The van der Waals surface area contributed by atoms with E-state index in [2.05, 4.69) is 10.1 Å². The Hall–Kier alpha value is -2.48. The molecule has 0 saturated heterocycles. The first-order valence-electron chi connectivity index (χ1n) is 6.09. The number of aliphatic carboxylic acids is 1. The molecule has 0 aromatic carbocycles. The molecule has 0 aliphatic carbocycles. The summed E-state index contributed by atoms with van der Waals surface area (Å²) in [6, 6.07) is 1.86. The van der Waals surface area contributed by atoms with E-state index in [1.807, 2.05) is 11.4 Å². The van der Waals surface area contributed by atoms with Gasteiger partial charge in [0.05, 0.1) is 0 Å². The third kappa shape index (κ3) is 4.53. The summed E-state index contributed by atoms with van der Waals surface area (Å²) < 4.78 is 1.47. The van der Waals surface area contributed by atoms with Crippen molar-refractivity contribution < 1.29 is 14.7 Å². The van der Waals surface area contributed by atoms with Gasteiger partial charge in [0.2, 0.25) is 5.91 Å². The summed E-state index contributed by atoms with van der Waals surface area (Å²) in [7, 11) is 1.71. The molecule has 0 fully saturated rings. The van der Waals surface area contributed by atoms with Crippen LogP contribution in [0, 0.1) is 0 Å². The smallest absolute Gasteiger partial charge is 0.328 e. The van der Waals surface area contributed by atoms with Crippen LogP contribution in [0.4, 0.5) is 0 Å². The Bertz CT molecular complexity index is 648. The zero-order valence-corrected chi connectivity index (χ0v) is 12.2. The number of carboxylic acids is 1. The zero-order valence-electron chi connectivity index (χ0n) is 11.3. The molecule has 0 radical (unpaired) electrons. The second-order valence-electron chi connectivity index (χ2n) is 4.37. The predicted molar refractivity (Wildman–Crippen MR) is 77.5 cm³/mol. The fraction of sp³-hybridized carbons (Fsp3) is 0.231. The highest BCUT2D eigenvalue weighted by Gasteiger charge is 2.11. The van der Waals surface area contributed by atoms with Gasteiger partial charge in [-0.05, 0) is 23.1 Å². The number of hydrogen-bond donors (Lipinski definition) is 1. The summed E-state index contributed by atoms with van der Waals surface area (Å²) in [5, 5.41) is 14.4. The molecule has 2 heterocycles. The minimum atomic E-state index is -0.981. The molecule has 0 saturated carbocycles. The lowest BCUT2D eigenvalue weighted by atomic mass is 10.3. The van der Waals surface area contributed by atoms with E-state index in [9.17, 15) is 9.59 Å². The molecule has 0 bridgehead atoms. The van der Waals surface area contributed by atoms with Gasteiger partial charge in [0.15, 0.2) is 0 Å². The summed E-state index contributed by atoms with van der Waals surface area (Å²) in [6.45, 7) is 0.608. The standard InChI is InChI=1S/C13H14N4O3S/c1-16(12(18)6-17-9-14-8-15-17)5-10-4-11(21-7-10)2-3-13(19)20/h2-4,7-9H,5-6H2,1H3,(H,19,20). The molecule has 0 spiro atoms. The van der Waals surface area contributed by atoms with Gasteiger partial charge in [0.25, 0.3) is 0 Å². The van der Waals surface area contributed by atoms with Crippen molar-refractivity contribution in [2.75, 3.05) is 7.05 Å². The number of amides is 1. The summed E-state index contributed by atoms with van der Waals surface area (Å²) >= 11 is 1.43. The molecule has 1 amide bonds. The molecular formula is C13H14N4O3S. The van der Waals surface area contributed by atoms with Crippen LogP contribution >= 0.6 is 11.3 Å². The van der Waals surface area contributed by atoms with Gasteiger partial charge in [-0.1, -0.05) is 0 Å². The van der Waals surface area contributed by atoms with Crippen LogP contribution in [0.15, 0.2) is 30.2 Å². The maximum absolute atomic E-state index is 12.0. The Balaban J connectivity index is 1.91. The second-order valence-corrected chi connectivity index (χ2v) is 5.31. The maximum atomic E-state index is 12.0. The van der Waals surface area contributed by atoms with Gasteiger partial charge in [0.1, 0.15) is 19.2 Å². The first-order chi connectivity index (χ1) is 10.0. The SMILES string of the molecule is CN(Cc1csc(C=CC(=O)O)c1)C(=O)Cn1cncn1. The van der Waals surface area contributed by atoms with Gasteiger partial charge in [0, 0.05) is 24.5 Å². The first kappa shape index (κ1) is 14.9. The molecule has 1 N–H and O–H groups in total. The number of thiophene rings is 1. The lowest BCUT2D eigenvalue weighted by Crippen LogP contribution is -2.29. The van der Waals surface area contributed by atoms with Gasteiger partial charge in [-0.3, -0.25) is 4.79 Å². The van der Waals surface area contributed by atoms with Crippen LogP contribution < -0.4 is 0 Å². The van der Waals surface area contributed by atoms with Gasteiger partial charge in [-0.15, -0.1) is 11.3 Å². The molecule has 21 heavy (non-hydrogen) atoms. The van der Waals surface area contributed by atoms with Crippen LogP contribution in [0.3, 0.4) is 0 Å². The van der Waals surface area contributed by atoms with Gasteiger partial charge >= 0.3 is 5.97 Å². The monoisotopic (exact) mass is 306 g/mol. The van der Waals surface area contributed by atoms with E-state index in [0.717, 1.165) is 16.5 Å². The summed E-state index contributed by atoms with van der Waals surface area (Å²) in [5.74, 6) is -1.06. The first-order valence-corrected chi connectivity index (χ1v) is 6.97. The van der Waals surface area contributed by atoms with Crippen LogP contribution in [-0.2, 0) is 22.7 Å². The molecule has 2 rings (SSSR count). The van der Waals surface area contributed by atoms with Crippen molar-refractivity contribution in [3.8, 4) is 0 Å². The van der Waals surface area contributed by atoms with E-state index in [4.69, 9.17) is 5.11 Å². The summed E-state index contributed by atoms with van der Waals surface area (Å²) in [5.41, 5.74) is 0.958. The average Bonchev–Trinajstić information content (AvgIpc) is 3.08. The number of likely N-dealkylation sites (N-methyl/N-ethyl adjacent to an activating group) is 1. The molecule has 8 heteroatoms. The Morgan fingerprint density at radius 2 is 2.33 bits per heavy atom. The number of carboxylic acid groups (broad SMARTS) is 1. The van der Waals surface area contributed by atoms with Gasteiger partial charge in [-0.25, -0.2) is 14.5 Å². The van der Waals surface area contributed by atoms with Crippen LogP contribution in [-0.4, -0.2) is 43.7 Å². The minimum absolute atomic E-state index is 0.0747. The quantitative estimate of drug-likeness (QED) is 0.807. The van der Waals surface area contributed by atoms with Gasteiger partial charge < -0.3 is 10.0 Å². The van der Waals surface area contributed by atoms with Crippen LogP contribution in [0.5, 0.6) is 0 Å². The van der Waals surface area contributed by atoms with Crippen molar-refractivity contribution >= 4 is 29.3 Å². The minimum Gasteiger partial charge on any atom is -0.478 e. The third-order valence-electron chi connectivity index (χ3n) is 2.67. The molecule has 7 nitrogen and oxygen atoms in total. The van der Waals surface area contributed by atoms with Crippen LogP contribution in [0.2, 0.25) is 0 Å². The van der Waals surface area contributed by atoms with Crippen molar-refractivity contribution in [1.29, 1.82) is 0 Å². The van der Waals surface area contributed by atoms with Crippen LogP contribution in [0.1, 0.15) is 10.4 Å². The molecule has 2 aromatic heterocycles. The zero-order chi connectivity index (χ0) is 15.2. The number of carbonyl (C=O) groups is 2. The lowest BCUT2D eigenvalue weighted by Gasteiger charge is -2.16. The Morgan fingerprint density at radius 1 is 1.52 bits per heavy atom. The highest BCUT2D eigenvalue weighted by Crippen LogP contribution is 2.17. The number of rotatable bonds is 6. The molecule has 0 atom stereocenters. The summed E-state index contributed by atoms with van der Waals surface area (Å²) in [4.78, 5) is 28.6. The molecule has 110 valence electrons. The Labute approximate surface area is 125 Å². The van der Waals surface area contributed by atoms with E-state index in [-0.39, 0.29) is 12.5 Å². The Morgan fingerprint density at radius 3 is 3.00 bits per heavy atom. The maximum Gasteiger partial charge on any atom is 0.328 e. The van der Waals surface area contributed by atoms with Crippen molar-refractivity contribution in [3.63, 3.8) is 0 Å². The molecule has 0 aliphatic rings. The lowest BCUT2D eigenvalue weighted by molar-refractivity contribution is -0.132. The Kier molecular flexibility index (Phi) is 4.83. The predicted octanol–water partition coefficient (Wildman–Crippen LogP) is 1.10. The van der Waals surface area contributed by atoms with Crippen LogP contribution in [0.25, 0.3) is 6.08 Å². The second kappa shape index (κ2) is 6.80. The van der Waals surface area contributed by atoms with Crippen molar-refractivity contribution in [1.82, 2.24) is 19.7 Å². The molecule has 2 aromatic rings. The molecular weight excluding hydrogens is 292 g/mol. The van der Waals surface area contributed by atoms with E-state index in [1.165, 1.54) is 34.7 Å². The van der Waals surface area contributed by atoms with Crippen molar-refractivity contribution in [3.05, 3.63) is 40.6 Å². The average molecular weight is 306 g/mol. The number of aromatic nitrogens is 3. The molecule has 0 unspecified atom stereocenters. The highest BCUT2D eigenvalue weighted by atomic mass is 32.1. The largest absolute Gasteiger partial charge is 0.478 e.